The van der Waals surface area contributed by atoms with Crippen molar-refractivity contribution in [2.24, 2.45) is 0 Å². The summed E-state index contributed by atoms with van der Waals surface area (Å²) in [5, 5.41) is 6.25. The first-order valence-electron chi connectivity index (χ1n) is 10.3. The van der Waals surface area contributed by atoms with E-state index < -0.39 is 0 Å². The Kier molecular flexibility index (Phi) is 6.91. The molecule has 3 heterocycles. The third-order valence-electron chi connectivity index (χ3n) is 5.17. The Hall–Kier alpha value is -3.52. The zero-order chi connectivity index (χ0) is 22.3. The lowest BCUT2D eigenvalue weighted by molar-refractivity contribution is 0.246. The Balaban J connectivity index is 1.36. The van der Waals surface area contributed by atoms with Gasteiger partial charge in [-0.05, 0) is 37.1 Å². The summed E-state index contributed by atoms with van der Waals surface area (Å²) in [5.74, 6) is 2.38. The molecule has 1 saturated heterocycles. The third-order valence-corrected chi connectivity index (χ3v) is 5.53. The molecule has 4 rings (SSSR count). The number of para-hydroxylation sites is 2. The van der Waals surface area contributed by atoms with Crippen LogP contribution in [0.2, 0.25) is 5.02 Å². The standard InChI is InChI=1S/C23H24ClN5O3/c1-31-18-6-2-3-7-19(18)32-20-8-12-26-22(21(20)24)29-13-9-16(10-14-29)27-23(30)28-17-5-4-11-25-15-17/h2-8,11-12,15-16H,9-10,13-14H2,1H3,(H2,27,28,30). The van der Waals surface area contributed by atoms with Crippen LogP contribution in [0, 0.1) is 0 Å². The number of hydrogen-bond acceptors (Lipinski definition) is 6. The molecule has 1 aromatic carbocycles. The molecule has 166 valence electrons. The van der Waals surface area contributed by atoms with Gasteiger partial charge in [-0.3, -0.25) is 4.98 Å². The number of hydrogen-bond donors (Lipinski definition) is 2. The van der Waals surface area contributed by atoms with Gasteiger partial charge in [0, 0.05) is 37.6 Å². The number of piperidine rings is 1. The van der Waals surface area contributed by atoms with Gasteiger partial charge in [0.25, 0.3) is 0 Å². The molecule has 0 unspecified atom stereocenters. The molecule has 0 aliphatic carbocycles. The molecule has 9 heteroatoms. The molecule has 0 saturated carbocycles. The quantitative estimate of drug-likeness (QED) is 0.561. The predicted molar refractivity (Wildman–Crippen MR) is 124 cm³/mol. The highest BCUT2D eigenvalue weighted by atomic mass is 35.5. The van der Waals surface area contributed by atoms with Crippen LogP contribution in [0.3, 0.4) is 0 Å². The van der Waals surface area contributed by atoms with Crippen molar-refractivity contribution in [3.63, 3.8) is 0 Å². The Morgan fingerprint density at radius 1 is 1.06 bits per heavy atom. The maximum Gasteiger partial charge on any atom is 0.319 e. The summed E-state index contributed by atoms with van der Waals surface area (Å²) < 4.78 is 11.3. The van der Waals surface area contributed by atoms with Gasteiger partial charge in [0.2, 0.25) is 0 Å². The fraction of sp³-hybridized carbons (Fsp3) is 0.261. The van der Waals surface area contributed by atoms with Gasteiger partial charge < -0.3 is 25.0 Å². The van der Waals surface area contributed by atoms with Gasteiger partial charge in [-0.2, -0.15) is 0 Å². The predicted octanol–water partition coefficient (Wildman–Crippen LogP) is 4.72. The van der Waals surface area contributed by atoms with E-state index in [4.69, 9.17) is 21.1 Å². The molecule has 2 amide bonds. The Bertz CT molecular complexity index is 1060. The van der Waals surface area contributed by atoms with Crippen LogP contribution in [-0.2, 0) is 0 Å². The normalized spacial score (nSPS) is 14.0. The minimum absolute atomic E-state index is 0.0645. The number of pyridine rings is 2. The number of methoxy groups -OCH3 is 1. The second kappa shape index (κ2) is 10.2. The Labute approximate surface area is 191 Å². The summed E-state index contributed by atoms with van der Waals surface area (Å²) >= 11 is 6.64. The van der Waals surface area contributed by atoms with Crippen LogP contribution in [-0.4, -0.2) is 42.2 Å². The molecule has 2 N–H and O–H groups in total. The van der Waals surface area contributed by atoms with Crippen molar-refractivity contribution in [2.45, 2.75) is 18.9 Å². The summed E-state index contributed by atoms with van der Waals surface area (Å²) in [5.41, 5.74) is 0.658. The zero-order valence-corrected chi connectivity index (χ0v) is 18.4. The highest BCUT2D eigenvalue weighted by molar-refractivity contribution is 6.34. The number of ether oxygens (including phenoxy) is 2. The number of benzene rings is 1. The first-order chi connectivity index (χ1) is 15.6. The monoisotopic (exact) mass is 453 g/mol. The average molecular weight is 454 g/mol. The van der Waals surface area contributed by atoms with E-state index in [2.05, 4.69) is 25.5 Å². The molecule has 3 aromatic rings. The van der Waals surface area contributed by atoms with Crippen LogP contribution in [0.5, 0.6) is 17.2 Å². The zero-order valence-electron chi connectivity index (χ0n) is 17.6. The summed E-state index contributed by atoms with van der Waals surface area (Å²) in [6, 6.07) is 12.5. The topological polar surface area (TPSA) is 88.6 Å². The van der Waals surface area contributed by atoms with Crippen molar-refractivity contribution in [3.8, 4) is 17.2 Å². The number of rotatable bonds is 6. The van der Waals surface area contributed by atoms with Gasteiger partial charge in [0.15, 0.2) is 23.1 Å². The number of urea groups is 1. The molecule has 0 atom stereocenters. The highest BCUT2D eigenvalue weighted by Crippen LogP contribution is 2.38. The van der Waals surface area contributed by atoms with Gasteiger partial charge in [0.05, 0.1) is 19.0 Å². The summed E-state index contributed by atoms with van der Waals surface area (Å²) in [6.07, 6.45) is 6.49. The van der Waals surface area contributed by atoms with E-state index in [0.29, 0.717) is 46.9 Å². The SMILES string of the molecule is COc1ccccc1Oc1ccnc(N2CCC(NC(=O)Nc3cccnc3)CC2)c1Cl. The van der Waals surface area contributed by atoms with Crippen LogP contribution in [0.1, 0.15) is 12.8 Å². The molecule has 0 radical (unpaired) electrons. The maximum atomic E-state index is 12.2. The summed E-state index contributed by atoms with van der Waals surface area (Å²) in [4.78, 5) is 22.8. The number of amides is 2. The fourth-order valence-corrected chi connectivity index (χ4v) is 3.83. The Morgan fingerprint density at radius 3 is 2.56 bits per heavy atom. The van der Waals surface area contributed by atoms with Crippen LogP contribution in [0.25, 0.3) is 0 Å². The summed E-state index contributed by atoms with van der Waals surface area (Å²) in [6.45, 7) is 1.42. The first kappa shape index (κ1) is 21.7. The lowest BCUT2D eigenvalue weighted by Gasteiger charge is -2.33. The summed E-state index contributed by atoms with van der Waals surface area (Å²) in [7, 11) is 1.59. The second-order valence-electron chi connectivity index (χ2n) is 7.30. The molecular weight excluding hydrogens is 430 g/mol. The van der Waals surface area contributed by atoms with Gasteiger partial charge in [-0.15, -0.1) is 0 Å². The Morgan fingerprint density at radius 2 is 1.84 bits per heavy atom. The number of nitrogens with zero attached hydrogens (tertiary/aromatic N) is 3. The molecular formula is C23H24ClN5O3. The molecule has 0 spiro atoms. The van der Waals surface area contributed by atoms with Crippen LogP contribution >= 0.6 is 11.6 Å². The number of aromatic nitrogens is 2. The van der Waals surface area contributed by atoms with Crippen LogP contribution in [0.4, 0.5) is 16.3 Å². The third kappa shape index (κ3) is 5.20. The molecule has 8 nitrogen and oxygen atoms in total. The first-order valence-corrected chi connectivity index (χ1v) is 10.7. The van der Waals surface area contributed by atoms with E-state index in [-0.39, 0.29) is 12.1 Å². The highest BCUT2D eigenvalue weighted by Gasteiger charge is 2.24. The van der Waals surface area contributed by atoms with E-state index in [1.807, 2.05) is 24.3 Å². The lowest BCUT2D eigenvalue weighted by atomic mass is 10.1. The molecule has 0 bridgehead atoms. The number of halogens is 1. The van der Waals surface area contributed by atoms with Crippen LogP contribution in [0.15, 0.2) is 61.1 Å². The number of nitrogens with one attached hydrogen (secondary N) is 2. The second-order valence-corrected chi connectivity index (χ2v) is 7.68. The van der Waals surface area contributed by atoms with Crippen LogP contribution < -0.4 is 25.0 Å². The minimum atomic E-state index is -0.236. The van der Waals surface area contributed by atoms with E-state index in [9.17, 15) is 4.79 Å². The molecule has 1 fully saturated rings. The van der Waals surface area contributed by atoms with Crippen molar-refractivity contribution >= 4 is 29.1 Å². The molecule has 1 aliphatic rings. The largest absolute Gasteiger partial charge is 0.493 e. The van der Waals surface area contributed by atoms with E-state index in [0.717, 1.165) is 12.8 Å². The number of anilines is 2. The average Bonchev–Trinajstić information content (AvgIpc) is 2.82. The van der Waals surface area contributed by atoms with Crippen molar-refractivity contribution in [1.82, 2.24) is 15.3 Å². The van der Waals surface area contributed by atoms with Gasteiger partial charge in [-0.1, -0.05) is 23.7 Å². The van der Waals surface area contributed by atoms with E-state index in [1.165, 1.54) is 0 Å². The van der Waals surface area contributed by atoms with E-state index in [1.54, 1.807) is 43.9 Å². The van der Waals surface area contributed by atoms with Crippen molar-refractivity contribution < 1.29 is 14.3 Å². The lowest BCUT2D eigenvalue weighted by Crippen LogP contribution is -2.46. The minimum Gasteiger partial charge on any atom is -0.493 e. The number of carbonyl (C=O) groups is 1. The molecule has 32 heavy (non-hydrogen) atoms. The van der Waals surface area contributed by atoms with Gasteiger partial charge in [0.1, 0.15) is 5.02 Å². The smallest absolute Gasteiger partial charge is 0.319 e. The van der Waals surface area contributed by atoms with Gasteiger partial charge >= 0.3 is 6.03 Å². The fourth-order valence-electron chi connectivity index (χ4n) is 3.56. The molecule has 1 aliphatic heterocycles. The van der Waals surface area contributed by atoms with Crippen molar-refractivity contribution in [3.05, 3.63) is 66.1 Å². The van der Waals surface area contributed by atoms with Crippen molar-refractivity contribution in [2.75, 3.05) is 30.4 Å². The number of carbonyl (C=O) groups excluding carboxylic acids is 1. The maximum absolute atomic E-state index is 12.2. The van der Waals surface area contributed by atoms with Crippen molar-refractivity contribution in [1.29, 1.82) is 0 Å². The van der Waals surface area contributed by atoms with E-state index >= 15 is 0 Å². The molecule has 2 aromatic heterocycles. The van der Waals surface area contributed by atoms with Gasteiger partial charge in [-0.25, -0.2) is 9.78 Å².